The molecular weight excluding hydrogens is 424 g/mol. The normalized spacial score (nSPS) is 22.3. The lowest BCUT2D eigenvalue weighted by atomic mass is 9.98. The van der Waals surface area contributed by atoms with E-state index in [1.165, 1.54) is 41.9 Å². The molecule has 3 heterocycles. The Morgan fingerprint density at radius 2 is 1.81 bits per heavy atom. The van der Waals surface area contributed by atoms with Crippen molar-refractivity contribution in [2.24, 2.45) is 15.9 Å². The number of esters is 1. The van der Waals surface area contributed by atoms with Crippen LogP contribution in [0.5, 0.6) is 0 Å². The highest BCUT2D eigenvalue weighted by atomic mass is 32.2. The van der Waals surface area contributed by atoms with Gasteiger partial charge in [0, 0.05) is 25.3 Å². The number of hydrogen-bond acceptors (Lipinski definition) is 7. The molecular formula is C20H20N4O6S. The average molecular weight is 444 g/mol. The van der Waals surface area contributed by atoms with Crippen molar-refractivity contribution in [1.29, 1.82) is 0 Å². The number of fused-ring (bicyclic) bond motifs is 1. The standard InChI is InChI=1S/C20H20N4O6S/c1-30-19(26)13-4-6-15(7-5-13)31(28,29)23-11-8-14(9-12-23)24-18(25)16-3-2-10-21-17(16)22-20(24)27/h2-7,10,14,16H,8-9,11-12H2,1H3. The molecule has 1 aromatic carbocycles. The van der Waals surface area contributed by atoms with E-state index in [9.17, 15) is 22.8 Å². The maximum absolute atomic E-state index is 13.0. The SMILES string of the molecule is COC(=O)c1ccc(S(=O)(=O)N2CCC(N3C(=O)N=C4N=CC=CC4C3=O)CC2)cc1. The second-order valence-corrected chi connectivity index (χ2v) is 9.19. The molecule has 4 rings (SSSR count). The molecule has 1 saturated heterocycles. The van der Waals surface area contributed by atoms with Gasteiger partial charge >= 0.3 is 12.0 Å². The fourth-order valence-corrected chi connectivity index (χ4v) is 5.31. The van der Waals surface area contributed by atoms with E-state index >= 15 is 0 Å². The Morgan fingerprint density at radius 1 is 1.13 bits per heavy atom. The summed E-state index contributed by atoms with van der Waals surface area (Å²) in [7, 11) is -2.53. The Labute approximate surface area is 179 Å². The number of methoxy groups -OCH3 is 1. The van der Waals surface area contributed by atoms with E-state index in [1.807, 2.05) is 0 Å². The van der Waals surface area contributed by atoms with Gasteiger partial charge in [0.25, 0.3) is 0 Å². The number of ether oxygens (including phenoxy) is 1. The number of nitrogens with zero attached hydrogens (tertiary/aromatic N) is 4. The summed E-state index contributed by atoms with van der Waals surface area (Å²) in [5.41, 5.74) is 0.253. The average Bonchev–Trinajstić information content (AvgIpc) is 2.79. The maximum atomic E-state index is 13.0. The highest BCUT2D eigenvalue weighted by Crippen LogP contribution is 2.28. The van der Waals surface area contributed by atoms with Crippen LogP contribution < -0.4 is 0 Å². The minimum Gasteiger partial charge on any atom is -0.465 e. The molecule has 1 fully saturated rings. The molecule has 3 aliphatic rings. The van der Waals surface area contributed by atoms with E-state index in [-0.39, 0.29) is 35.3 Å². The van der Waals surface area contributed by atoms with Crippen molar-refractivity contribution in [1.82, 2.24) is 9.21 Å². The number of imide groups is 1. The topological polar surface area (TPSA) is 126 Å². The number of urea groups is 1. The molecule has 31 heavy (non-hydrogen) atoms. The zero-order valence-corrected chi connectivity index (χ0v) is 17.5. The Bertz CT molecular complexity index is 1110. The smallest absolute Gasteiger partial charge is 0.352 e. The van der Waals surface area contributed by atoms with Gasteiger partial charge < -0.3 is 4.74 Å². The zero-order chi connectivity index (χ0) is 22.2. The lowest BCUT2D eigenvalue weighted by Crippen LogP contribution is -2.54. The van der Waals surface area contributed by atoms with E-state index in [0.29, 0.717) is 12.8 Å². The monoisotopic (exact) mass is 444 g/mol. The summed E-state index contributed by atoms with van der Waals surface area (Å²) >= 11 is 0. The second-order valence-electron chi connectivity index (χ2n) is 7.25. The summed E-state index contributed by atoms with van der Waals surface area (Å²) in [5, 5.41) is 0. The molecule has 0 aliphatic carbocycles. The van der Waals surface area contributed by atoms with Crippen molar-refractivity contribution in [3.05, 3.63) is 42.0 Å². The number of dihydropyridines is 1. The lowest BCUT2D eigenvalue weighted by Gasteiger charge is -2.38. The van der Waals surface area contributed by atoms with Crippen LogP contribution in [0.4, 0.5) is 4.79 Å². The number of allylic oxidation sites excluding steroid dienone is 1. The minimum absolute atomic E-state index is 0.0585. The molecule has 1 atom stereocenters. The van der Waals surface area contributed by atoms with E-state index in [4.69, 9.17) is 0 Å². The van der Waals surface area contributed by atoms with Crippen LogP contribution in [-0.4, -0.2) is 73.8 Å². The number of carbonyl (C=O) groups is 3. The van der Waals surface area contributed by atoms with Crippen molar-refractivity contribution >= 4 is 40.0 Å². The van der Waals surface area contributed by atoms with Crippen molar-refractivity contribution in [3.63, 3.8) is 0 Å². The summed E-state index contributed by atoms with van der Waals surface area (Å²) < 4.78 is 31.8. The van der Waals surface area contributed by atoms with Crippen LogP contribution in [0.25, 0.3) is 0 Å². The van der Waals surface area contributed by atoms with Crippen LogP contribution in [0, 0.1) is 5.92 Å². The fraction of sp³-hybridized carbons (Fsp3) is 0.350. The summed E-state index contributed by atoms with van der Waals surface area (Å²) in [6, 6.07) is 4.41. The van der Waals surface area contributed by atoms with Crippen LogP contribution in [0.15, 0.2) is 51.3 Å². The van der Waals surface area contributed by atoms with E-state index in [0.717, 1.165) is 4.90 Å². The van der Waals surface area contributed by atoms with Gasteiger partial charge in [0.2, 0.25) is 15.9 Å². The maximum Gasteiger partial charge on any atom is 0.352 e. The molecule has 3 aliphatic heterocycles. The number of aliphatic imine (C=N–C) groups is 2. The van der Waals surface area contributed by atoms with Crippen molar-refractivity contribution in [2.45, 2.75) is 23.8 Å². The van der Waals surface area contributed by atoms with Gasteiger partial charge in [0.05, 0.1) is 17.6 Å². The first-order valence-corrected chi connectivity index (χ1v) is 11.1. The second kappa shape index (κ2) is 8.16. The minimum atomic E-state index is -3.78. The van der Waals surface area contributed by atoms with Gasteiger partial charge in [0.1, 0.15) is 11.8 Å². The molecule has 10 nitrogen and oxygen atoms in total. The van der Waals surface area contributed by atoms with Crippen molar-refractivity contribution in [3.8, 4) is 0 Å². The van der Waals surface area contributed by atoms with Crippen LogP contribution in [-0.2, 0) is 19.6 Å². The van der Waals surface area contributed by atoms with Crippen molar-refractivity contribution in [2.75, 3.05) is 20.2 Å². The van der Waals surface area contributed by atoms with Gasteiger partial charge in [-0.15, -0.1) is 0 Å². The molecule has 0 bridgehead atoms. The van der Waals surface area contributed by atoms with Gasteiger partial charge in [-0.3, -0.25) is 9.69 Å². The summed E-state index contributed by atoms with van der Waals surface area (Å²) in [5.74, 6) is -1.44. The van der Waals surface area contributed by atoms with Crippen molar-refractivity contribution < 1.29 is 27.5 Å². The van der Waals surface area contributed by atoms with Crippen LogP contribution in [0.2, 0.25) is 0 Å². The highest BCUT2D eigenvalue weighted by molar-refractivity contribution is 7.89. The first kappa shape index (κ1) is 21.1. The quantitative estimate of drug-likeness (QED) is 0.644. The number of carbonyl (C=O) groups excluding carboxylic acids is 3. The number of sulfonamides is 1. The fourth-order valence-electron chi connectivity index (χ4n) is 3.84. The number of hydrogen-bond donors (Lipinski definition) is 0. The third-order valence-corrected chi connectivity index (χ3v) is 7.41. The van der Waals surface area contributed by atoms with Gasteiger partial charge in [-0.25, -0.2) is 23.0 Å². The lowest BCUT2D eigenvalue weighted by molar-refractivity contribution is -0.131. The van der Waals surface area contributed by atoms with Crippen LogP contribution >= 0.6 is 0 Å². The van der Waals surface area contributed by atoms with E-state index < -0.39 is 34.0 Å². The number of amides is 3. The van der Waals surface area contributed by atoms with Crippen LogP contribution in [0.3, 0.4) is 0 Å². The largest absolute Gasteiger partial charge is 0.465 e. The predicted octanol–water partition coefficient (Wildman–Crippen LogP) is 1.24. The predicted molar refractivity (Wildman–Crippen MR) is 110 cm³/mol. The molecule has 0 radical (unpaired) electrons. The van der Waals surface area contributed by atoms with E-state index in [1.54, 1.807) is 12.2 Å². The molecule has 11 heteroatoms. The Balaban J connectivity index is 1.46. The first-order valence-electron chi connectivity index (χ1n) is 9.68. The molecule has 0 saturated carbocycles. The Hall–Kier alpha value is -3.18. The van der Waals surface area contributed by atoms with Gasteiger partial charge in [-0.2, -0.15) is 9.30 Å². The third-order valence-electron chi connectivity index (χ3n) is 5.50. The van der Waals surface area contributed by atoms with Crippen LogP contribution in [0.1, 0.15) is 23.2 Å². The number of benzene rings is 1. The number of rotatable bonds is 4. The Morgan fingerprint density at radius 3 is 2.45 bits per heavy atom. The van der Waals surface area contributed by atoms with Gasteiger partial charge in [-0.05, 0) is 43.2 Å². The van der Waals surface area contributed by atoms with Gasteiger partial charge in [-0.1, -0.05) is 6.08 Å². The highest BCUT2D eigenvalue weighted by Gasteiger charge is 2.42. The van der Waals surface area contributed by atoms with Gasteiger partial charge in [0.15, 0.2) is 0 Å². The number of piperidine rings is 1. The molecule has 1 aromatic rings. The Kier molecular flexibility index (Phi) is 5.54. The first-order chi connectivity index (χ1) is 14.8. The molecule has 0 N–H and O–H groups in total. The summed E-state index contributed by atoms with van der Waals surface area (Å²) in [6.07, 6.45) is 5.37. The molecule has 0 aromatic heterocycles. The molecule has 0 spiro atoms. The summed E-state index contributed by atoms with van der Waals surface area (Å²) in [4.78, 5) is 45.9. The molecule has 162 valence electrons. The third kappa shape index (κ3) is 3.81. The number of amidine groups is 1. The summed E-state index contributed by atoms with van der Waals surface area (Å²) in [6.45, 7) is 0.302. The molecule has 1 unspecified atom stereocenters. The van der Waals surface area contributed by atoms with E-state index in [2.05, 4.69) is 14.7 Å². The molecule has 3 amide bonds. The zero-order valence-electron chi connectivity index (χ0n) is 16.7.